The molecule has 3 heterocycles. The number of ether oxygens (including phenoxy) is 1. The largest absolute Gasteiger partial charge is 0.494 e. The smallest absolute Gasteiger partial charge is 0.255 e. The van der Waals surface area contributed by atoms with Gasteiger partial charge in [0.05, 0.1) is 19.9 Å². The van der Waals surface area contributed by atoms with Crippen LogP contribution in [0.3, 0.4) is 0 Å². The predicted octanol–water partition coefficient (Wildman–Crippen LogP) is 2.66. The maximum Gasteiger partial charge on any atom is 0.255 e. The summed E-state index contributed by atoms with van der Waals surface area (Å²) in [7, 11) is 1.58. The Labute approximate surface area is 173 Å². The fraction of sp³-hybridized carbons (Fsp3) is 0.286. The van der Waals surface area contributed by atoms with E-state index in [4.69, 9.17) is 10.5 Å². The minimum Gasteiger partial charge on any atom is -0.494 e. The highest BCUT2D eigenvalue weighted by atomic mass is 16.5. The van der Waals surface area contributed by atoms with Crippen molar-refractivity contribution in [3.05, 3.63) is 58.6 Å². The molecule has 154 valence electrons. The highest BCUT2D eigenvalue weighted by Crippen LogP contribution is 2.30. The molecule has 0 saturated carbocycles. The van der Waals surface area contributed by atoms with E-state index in [1.54, 1.807) is 22.6 Å². The summed E-state index contributed by atoms with van der Waals surface area (Å²) in [5.41, 5.74) is 8.25. The molecule has 3 aromatic heterocycles. The Kier molecular flexibility index (Phi) is 5.18. The number of para-hydroxylation sites is 1. The van der Waals surface area contributed by atoms with E-state index in [2.05, 4.69) is 27.2 Å². The Hall–Kier alpha value is -3.75. The molecule has 0 bridgehead atoms. The van der Waals surface area contributed by atoms with Gasteiger partial charge >= 0.3 is 0 Å². The monoisotopic (exact) mass is 405 g/mol. The first-order chi connectivity index (χ1) is 14.5. The second-order valence-corrected chi connectivity index (χ2v) is 7.09. The number of aromatic nitrogens is 6. The second kappa shape index (κ2) is 7.94. The summed E-state index contributed by atoms with van der Waals surface area (Å²) in [5, 5.41) is 9.20. The van der Waals surface area contributed by atoms with E-state index in [1.807, 2.05) is 43.5 Å². The Morgan fingerprint density at radius 1 is 1.20 bits per heavy atom. The van der Waals surface area contributed by atoms with Gasteiger partial charge in [-0.15, -0.1) is 5.10 Å². The first-order valence-electron chi connectivity index (χ1n) is 9.72. The summed E-state index contributed by atoms with van der Waals surface area (Å²) < 4.78 is 8.76. The molecule has 0 saturated heterocycles. The molecule has 2 N–H and O–H groups in total. The molecule has 1 atom stereocenters. The zero-order chi connectivity index (χ0) is 21.3. The van der Waals surface area contributed by atoms with Gasteiger partial charge in [0.2, 0.25) is 5.95 Å². The van der Waals surface area contributed by atoms with E-state index < -0.39 is 0 Å². The minimum atomic E-state index is -0.0228. The van der Waals surface area contributed by atoms with Gasteiger partial charge in [-0.25, -0.2) is 14.6 Å². The number of benzene rings is 1. The molecule has 1 unspecified atom stereocenters. The molecule has 9 heteroatoms. The number of hydrogen-bond acceptors (Lipinski definition) is 7. The lowest BCUT2D eigenvalue weighted by atomic mass is 10.1. The molecule has 0 amide bonds. The fourth-order valence-corrected chi connectivity index (χ4v) is 3.38. The molecule has 0 aliphatic heterocycles. The van der Waals surface area contributed by atoms with Gasteiger partial charge in [-0.1, -0.05) is 30.3 Å². The minimum absolute atomic E-state index is 0.0228. The number of nitrogens with zero attached hydrogens (tertiary/aromatic N) is 6. The van der Waals surface area contributed by atoms with Crippen molar-refractivity contribution < 1.29 is 4.74 Å². The van der Waals surface area contributed by atoms with Crippen LogP contribution in [0.1, 0.15) is 31.9 Å². The van der Waals surface area contributed by atoms with Crippen LogP contribution in [0.4, 0.5) is 5.95 Å². The molecular formula is C21H23N7O2. The maximum absolute atomic E-state index is 12.8. The number of pyridine rings is 1. The van der Waals surface area contributed by atoms with Crippen LogP contribution in [0, 0.1) is 0 Å². The molecule has 0 fully saturated rings. The van der Waals surface area contributed by atoms with Crippen molar-refractivity contribution in [2.24, 2.45) is 0 Å². The third kappa shape index (κ3) is 3.49. The number of anilines is 1. The van der Waals surface area contributed by atoms with Crippen molar-refractivity contribution in [3.63, 3.8) is 0 Å². The molecule has 4 rings (SSSR count). The average molecular weight is 405 g/mol. The molecule has 0 radical (unpaired) electrons. The summed E-state index contributed by atoms with van der Waals surface area (Å²) in [4.78, 5) is 21.4. The van der Waals surface area contributed by atoms with E-state index in [0.29, 0.717) is 34.8 Å². The quantitative estimate of drug-likeness (QED) is 0.524. The van der Waals surface area contributed by atoms with Crippen molar-refractivity contribution in [1.82, 2.24) is 29.5 Å². The third-order valence-electron chi connectivity index (χ3n) is 5.16. The van der Waals surface area contributed by atoms with Crippen molar-refractivity contribution in [2.45, 2.75) is 32.9 Å². The molecule has 1 aromatic carbocycles. The summed E-state index contributed by atoms with van der Waals surface area (Å²) in [6, 6.07) is 9.38. The lowest BCUT2D eigenvalue weighted by molar-refractivity contribution is 0.419. The number of nitrogen functional groups attached to an aromatic ring is 1. The normalized spacial score (nSPS) is 12.2. The highest BCUT2D eigenvalue weighted by molar-refractivity contribution is 5.95. The number of methoxy groups -OCH3 is 1. The standard InChI is InChI=1S/C21H23N7O2/c1-4-13(2)28-10-6-7-14(20(28)29)11-27-12-16(25-26-27)18-15-8-5-9-17(30-3)19(15)24-21(22)23-18/h5-10,12-13H,4,11H2,1-3H3,(H2,22,23,24). The molecular weight excluding hydrogens is 382 g/mol. The van der Waals surface area contributed by atoms with Crippen LogP contribution < -0.4 is 16.0 Å². The van der Waals surface area contributed by atoms with E-state index in [1.165, 1.54) is 0 Å². The number of nitrogens with two attached hydrogens (primary N) is 1. The van der Waals surface area contributed by atoms with Gasteiger partial charge in [0.1, 0.15) is 22.7 Å². The average Bonchev–Trinajstić information content (AvgIpc) is 3.22. The zero-order valence-electron chi connectivity index (χ0n) is 17.1. The van der Waals surface area contributed by atoms with E-state index in [-0.39, 0.29) is 17.5 Å². The summed E-state index contributed by atoms with van der Waals surface area (Å²) in [6.45, 7) is 4.39. The third-order valence-corrected chi connectivity index (χ3v) is 5.16. The predicted molar refractivity (Wildman–Crippen MR) is 114 cm³/mol. The van der Waals surface area contributed by atoms with Crippen LogP contribution in [-0.4, -0.2) is 36.6 Å². The van der Waals surface area contributed by atoms with Gasteiger partial charge in [-0.05, 0) is 25.5 Å². The lowest BCUT2D eigenvalue weighted by Crippen LogP contribution is -2.26. The molecule has 0 aliphatic carbocycles. The maximum atomic E-state index is 12.8. The Bertz CT molecular complexity index is 1260. The summed E-state index contributed by atoms with van der Waals surface area (Å²) in [5.74, 6) is 0.723. The van der Waals surface area contributed by atoms with Crippen molar-refractivity contribution in [2.75, 3.05) is 12.8 Å². The van der Waals surface area contributed by atoms with Crippen LogP contribution in [-0.2, 0) is 6.54 Å². The van der Waals surface area contributed by atoms with Crippen molar-refractivity contribution in [1.29, 1.82) is 0 Å². The first kappa shape index (κ1) is 19.6. The van der Waals surface area contributed by atoms with Crippen LogP contribution in [0.2, 0.25) is 0 Å². The van der Waals surface area contributed by atoms with Gasteiger partial charge < -0.3 is 15.0 Å². The fourth-order valence-electron chi connectivity index (χ4n) is 3.38. The van der Waals surface area contributed by atoms with E-state index in [9.17, 15) is 4.79 Å². The second-order valence-electron chi connectivity index (χ2n) is 7.09. The van der Waals surface area contributed by atoms with Gasteiger partial charge in [0, 0.05) is 23.2 Å². The topological polar surface area (TPSA) is 114 Å². The van der Waals surface area contributed by atoms with Gasteiger partial charge in [0.25, 0.3) is 5.56 Å². The van der Waals surface area contributed by atoms with Gasteiger partial charge in [-0.2, -0.15) is 0 Å². The molecule has 30 heavy (non-hydrogen) atoms. The number of rotatable bonds is 6. The number of fused-ring (bicyclic) bond motifs is 1. The molecule has 9 nitrogen and oxygen atoms in total. The highest BCUT2D eigenvalue weighted by Gasteiger charge is 2.16. The van der Waals surface area contributed by atoms with Crippen LogP contribution in [0.25, 0.3) is 22.3 Å². The zero-order valence-corrected chi connectivity index (χ0v) is 17.1. The van der Waals surface area contributed by atoms with E-state index >= 15 is 0 Å². The Morgan fingerprint density at radius 3 is 2.80 bits per heavy atom. The van der Waals surface area contributed by atoms with Gasteiger partial charge in [-0.3, -0.25) is 4.79 Å². The molecule has 0 spiro atoms. The van der Waals surface area contributed by atoms with Crippen LogP contribution in [0.5, 0.6) is 5.75 Å². The Balaban J connectivity index is 1.72. The van der Waals surface area contributed by atoms with Crippen molar-refractivity contribution in [3.8, 4) is 17.1 Å². The molecule has 0 aliphatic rings. The van der Waals surface area contributed by atoms with Crippen LogP contribution >= 0.6 is 0 Å². The lowest BCUT2D eigenvalue weighted by Gasteiger charge is -2.13. The first-order valence-corrected chi connectivity index (χ1v) is 9.72. The summed E-state index contributed by atoms with van der Waals surface area (Å²) >= 11 is 0. The van der Waals surface area contributed by atoms with Crippen molar-refractivity contribution >= 4 is 16.9 Å². The van der Waals surface area contributed by atoms with Crippen LogP contribution in [0.15, 0.2) is 47.5 Å². The number of hydrogen-bond donors (Lipinski definition) is 1. The molecule has 4 aromatic rings. The SMILES string of the molecule is CCC(C)n1cccc(Cn2cc(-c3nc(N)nc4c(OC)cccc34)nn2)c1=O. The summed E-state index contributed by atoms with van der Waals surface area (Å²) in [6.07, 6.45) is 4.44. The van der Waals surface area contributed by atoms with E-state index in [0.717, 1.165) is 11.8 Å². The Morgan fingerprint density at radius 2 is 2.03 bits per heavy atom. The van der Waals surface area contributed by atoms with Gasteiger partial charge in [0.15, 0.2) is 0 Å².